The molecule has 0 fully saturated rings. The fourth-order valence-electron chi connectivity index (χ4n) is 1.59. The first kappa shape index (κ1) is 15.2. The lowest BCUT2D eigenvalue weighted by Crippen LogP contribution is -2.39. The third-order valence-corrected chi connectivity index (χ3v) is 2.71. The Morgan fingerprint density at radius 2 is 1.45 bits per heavy atom. The predicted octanol–water partition coefficient (Wildman–Crippen LogP) is 1.30. The van der Waals surface area contributed by atoms with Gasteiger partial charge in [-0.1, -0.05) is 0 Å². The lowest BCUT2D eigenvalue weighted by molar-refractivity contribution is -0.135. The number of nitrogens with one attached hydrogen (secondary N) is 2. The molecule has 0 bridgehead atoms. The standard InChI is InChI=1S/C15H12FN3O3/c16-10-3-7-12(8-4-10)18-14(21)15(22)19-13(20)9-1-5-11(17)6-2-9/h1-8H,17H2,(H,18,21)(H,19,20,22). The van der Waals surface area contributed by atoms with E-state index in [9.17, 15) is 18.8 Å². The van der Waals surface area contributed by atoms with Crippen molar-refractivity contribution in [2.45, 2.75) is 0 Å². The largest absolute Gasteiger partial charge is 0.399 e. The van der Waals surface area contributed by atoms with E-state index in [1.54, 1.807) is 0 Å². The molecule has 0 spiro atoms. The summed E-state index contributed by atoms with van der Waals surface area (Å²) < 4.78 is 12.7. The zero-order valence-electron chi connectivity index (χ0n) is 11.3. The highest BCUT2D eigenvalue weighted by atomic mass is 19.1. The lowest BCUT2D eigenvalue weighted by atomic mass is 10.2. The van der Waals surface area contributed by atoms with Gasteiger partial charge in [-0.15, -0.1) is 0 Å². The maximum atomic E-state index is 12.7. The van der Waals surface area contributed by atoms with E-state index in [0.29, 0.717) is 5.69 Å². The van der Waals surface area contributed by atoms with Crippen LogP contribution in [0.25, 0.3) is 0 Å². The average Bonchev–Trinajstić information content (AvgIpc) is 2.50. The molecule has 6 nitrogen and oxygen atoms in total. The van der Waals surface area contributed by atoms with Crippen LogP contribution in [0.5, 0.6) is 0 Å². The van der Waals surface area contributed by atoms with Gasteiger partial charge in [-0.25, -0.2) is 4.39 Å². The molecule has 0 atom stereocenters. The Kier molecular flexibility index (Phi) is 4.47. The number of hydrogen-bond donors (Lipinski definition) is 3. The second-order valence-corrected chi connectivity index (χ2v) is 4.37. The molecule has 22 heavy (non-hydrogen) atoms. The lowest BCUT2D eigenvalue weighted by Gasteiger charge is -2.06. The summed E-state index contributed by atoms with van der Waals surface area (Å²) in [5.41, 5.74) is 6.38. The van der Waals surface area contributed by atoms with Gasteiger partial charge in [-0.2, -0.15) is 0 Å². The number of amides is 3. The van der Waals surface area contributed by atoms with Gasteiger partial charge in [-0.3, -0.25) is 19.7 Å². The summed E-state index contributed by atoms with van der Waals surface area (Å²) in [6.07, 6.45) is 0. The fourth-order valence-corrected chi connectivity index (χ4v) is 1.59. The van der Waals surface area contributed by atoms with Crippen LogP contribution in [0, 0.1) is 5.82 Å². The first-order valence-corrected chi connectivity index (χ1v) is 6.23. The molecular formula is C15H12FN3O3. The van der Waals surface area contributed by atoms with Crippen LogP contribution in [0.1, 0.15) is 10.4 Å². The zero-order chi connectivity index (χ0) is 16.1. The minimum atomic E-state index is -1.12. The molecule has 4 N–H and O–H groups in total. The van der Waals surface area contributed by atoms with Gasteiger partial charge in [0.15, 0.2) is 0 Å². The molecule has 0 radical (unpaired) electrons. The van der Waals surface area contributed by atoms with Crippen molar-refractivity contribution < 1.29 is 18.8 Å². The van der Waals surface area contributed by atoms with Gasteiger partial charge >= 0.3 is 11.8 Å². The normalized spacial score (nSPS) is 9.86. The molecule has 0 aliphatic heterocycles. The Morgan fingerprint density at radius 1 is 0.864 bits per heavy atom. The number of anilines is 2. The molecule has 0 heterocycles. The third kappa shape index (κ3) is 3.89. The van der Waals surface area contributed by atoms with Crippen LogP contribution in [0.4, 0.5) is 15.8 Å². The number of nitrogens with two attached hydrogens (primary N) is 1. The molecule has 0 aliphatic carbocycles. The van der Waals surface area contributed by atoms with Gasteiger partial charge in [0.25, 0.3) is 5.91 Å². The summed E-state index contributed by atoms with van der Waals surface area (Å²) >= 11 is 0. The van der Waals surface area contributed by atoms with E-state index in [0.717, 1.165) is 12.1 Å². The fraction of sp³-hybridized carbons (Fsp3) is 0. The van der Waals surface area contributed by atoms with Crippen molar-refractivity contribution in [2.24, 2.45) is 0 Å². The molecular weight excluding hydrogens is 289 g/mol. The second kappa shape index (κ2) is 6.49. The molecule has 0 saturated heterocycles. The Balaban J connectivity index is 1.96. The third-order valence-electron chi connectivity index (χ3n) is 2.71. The molecule has 112 valence electrons. The van der Waals surface area contributed by atoms with Gasteiger partial charge < -0.3 is 11.1 Å². The van der Waals surface area contributed by atoms with E-state index in [-0.39, 0.29) is 11.3 Å². The molecule has 2 aromatic carbocycles. The first-order chi connectivity index (χ1) is 10.5. The van der Waals surface area contributed by atoms with Crippen LogP contribution in [-0.2, 0) is 9.59 Å². The number of carbonyl (C=O) groups is 3. The maximum absolute atomic E-state index is 12.7. The Hall–Kier alpha value is -3.22. The topological polar surface area (TPSA) is 101 Å². The first-order valence-electron chi connectivity index (χ1n) is 6.23. The van der Waals surface area contributed by atoms with Crippen molar-refractivity contribution in [3.8, 4) is 0 Å². The van der Waals surface area contributed by atoms with E-state index in [2.05, 4.69) is 5.32 Å². The van der Waals surface area contributed by atoms with Crippen LogP contribution < -0.4 is 16.4 Å². The van der Waals surface area contributed by atoms with Crippen molar-refractivity contribution in [1.82, 2.24) is 5.32 Å². The molecule has 0 aromatic heterocycles. The SMILES string of the molecule is Nc1ccc(C(=O)NC(=O)C(=O)Nc2ccc(F)cc2)cc1. The van der Waals surface area contributed by atoms with Crippen LogP contribution in [0.2, 0.25) is 0 Å². The number of carbonyl (C=O) groups excluding carboxylic acids is 3. The molecule has 3 amide bonds. The van der Waals surface area contributed by atoms with Crippen molar-refractivity contribution in [2.75, 3.05) is 11.1 Å². The van der Waals surface area contributed by atoms with Crippen LogP contribution >= 0.6 is 0 Å². The molecule has 0 saturated carbocycles. The minimum absolute atomic E-state index is 0.192. The van der Waals surface area contributed by atoms with E-state index in [1.165, 1.54) is 36.4 Å². The number of imide groups is 1. The van der Waals surface area contributed by atoms with Gasteiger partial charge in [0.05, 0.1) is 0 Å². The Morgan fingerprint density at radius 3 is 2.05 bits per heavy atom. The number of hydrogen-bond acceptors (Lipinski definition) is 4. The molecule has 7 heteroatoms. The van der Waals surface area contributed by atoms with Crippen LogP contribution in [0.3, 0.4) is 0 Å². The summed E-state index contributed by atoms with van der Waals surface area (Å²) in [7, 11) is 0. The highest BCUT2D eigenvalue weighted by molar-refractivity contribution is 6.42. The van der Waals surface area contributed by atoms with Crippen molar-refractivity contribution in [3.63, 3.8) is 0 Å². The monoisotopic (exact) mass is 301 g/mol. The van der Waals surface area contributed by atoms with E-state index in [4.69, 9.17) is 5.73 Å². The van der Waals surface area contributed by atoms with Crippen LogP contribution in [-0.4, -0.2) is 17.7 Å². The molecule has 0 unspecified atom stereocenters. The summed E-state index contributed by atoms with van der Waals surface area (Å²) in [5.74, 6) is -3.35. The Labute approximate surface area is 125 Å². The van der Waals surface area contributed by atoms with E-state index < -0.39 is 23.5 Å². The van der Waals surface area contributed by atoms with Crippen LogP contribution in [0.15, 0.2) is 48.5 Å². The van der Waals surface area contributed by atoms with Gasteiger partial charge in [0.1, 0.15) is 5.82 Å². The summed E-state index contributed by atoms with van der Waals surface area (Å²) in [6, 6.07) is 10.7. The smallest absolute Gasteiger partial charge is 0.316 e. The molecule has 0 aliphatic rings. The maximum Gasteiger partial charge on any atom is 0.316 e. The number of nitrogen functional groups attached to an aromatic ring is 1. The summed E-state index contributed by atoms with van der Waals surface area (Å²) in [4.78, 5) is 35.0. The summed E-state index contributed by atoms with van der Waals surface area (Å²) in [5, 5.41) is 4.19. The van der Waals surface area contributed by atoms with Gasteiger partial charge in [0, 0.05) is 16.9 Å². The minimum Gasteiger partial charge on any atom is -0.399 e. The number of halogens is 1. The highest BCUT2D eigenvalue weighted by Crippen LogP contribution is 2.08. The summed E-state index contributed by atoms with van der Waals surface area (Å²) in [6.45, 7) is 0. The number of rotatable bonds is 2. The van der Waals surface area contributed by atoms with E-state index in [1.807, 2.05) is 5.32 Å². The molecule has 2 rings (SSSR count). The van der Waals surface area contributed by atoms with Crippen molar-refractivity contribution in [1.29, 1.82) is 0 Å². The molecule has 2 aromatic rings. The van der Waals surface area contributed by atoms with Crippen molar-refractivity contribution in [3.05, 3.63) is 59.9 Å². The zero-order valence-corrected chi connectivity index (χ0v) is 11.3. The van der Waals surface area contributed by atoms with Crippen molar-refractivity contribution >= 4 is 29.1 Å². The van der Waals surface area contributed by atoms with Gasteiger partial charge in [-0.05, 0) is 48.5 Å². The number of benzene rings is 2. The Bertz CT molecular complexity index is 712. The quantitative estimate of drug-likeness (QED) is 0.575. The second-order valence-electron chi connectivity index (χ2n) is 4.37. The predicted molar refractivity (Wildman–Crippen MR) is 78.4 cm³/mol. The highest BCUT2D eigenvalue weighted by Gasteiger charge is 2.17. The average molecular weight is 301 g/mol. The van der Waals surface area contributed by atoms with Gasteiger partial charge in [0.2, 0.25) is 0 Å². The van der Waals surface area contributed by atoms with E-state index >= 15 is 0 Å².